The zero-order valence-electron chi connectivity index (χ0n) is 9.03. The summed E-state index contributed by atoms with van der Waals surface area (Å²) in [7, 11) is 1.21. The zero-order chi connectivity index (χ0) is 12.0. The molecule has 4 heteroatoms. The maximum absolute atomic E-state index is 11.1. The molecule has 86 valence electrons. The van der Waals surface area contributed by atoms with Crippen LogP contribution in [0.5, 0.6) is 0 Å². The highest BCUT2D eigenvalue weighted by Crippen LogP contribution is 2.12. The van der Waals surface area contributed by atoms with Crippen LogP contribution < -0.4 is 0 Å². The molecule has 0 spiro atoms. The molecular weight excluding hydrogens is 228 g/mol. The van der Waals surface area contributed by atoms with E-state index in [-0.39, 0.29) is 6.42 Å². The van der Waals surface area contributed by atoms with Crippen molar-refractivity contribution in [3.05, 3.63) is 34.9 Å². The van der Waals surface area contributed by atoms with Crippen LogP contribution in [0.2, 0.25) is 5.02 Å². The first-order valence-electron chi connectivity index (χ1n) is 4.99. The molecule has 1 rings (SSSR count). The van der Waals surface area contributed by atoms with Crippen molar-refractivity contribution in [2.75, 3.05) is 7.11 Å². The van der Waals surface area contributed by atoms with Crippen LogP contribution in [-0.2, 0) is 20.7 Å². The number of carbonyl (C=O) groups excluding carboxylic acids is 2. The van der Waals surface area contributed by atoms with Crippen molar-refractivity contribution >= 4 is 23.4 Å². The van der Waals surface area contributed by atoms with E-state index < -0.39 is 11.8 Å². The first-order chi connectivity index (χ1) is 7.63. The average molecular weight is 241 g/mol. The van der Waals surface area contributed by atoms with Crippen molar-refractivity contribution in [2.45, 2.75) is 19.3 Å². The van der Waals surface area contributed by atoms with E-state index in [1.54, 1.807) is 6.07 Å². The molecule has 0 aromatic heterocycles. The second-order valence-electron chi connectivity index (χ2n) is 3.40. The average Bonchev–Trinajstić information content (AvgIpc) is 2.28. The molecule has 16 heavy (non-hydrogen) atoms. The normalized spacial score (nSPS) is 9.88. The van der Waals surface area contributed by atoms with Crippen molar-refractivity contribution in [1.82, 2.24) is 0 Å². The number of carbonyl (C=O) groups is 2. The summed E-state index contributed by atoms with van der Waals surface area (Å²) in [6.07, 6.45) is 1.55. The van der Waals surface area contributed by atoms with Crippen LogP contribution in [0.25, 0.3) is 0 Å². The molecule has 0 amide bonds. The number of ketones is 1. The predicted octanol–water partition coefficient (Wildman–Crippen LogP) is 2.40. The summed E-state index contributed by atoms with van der Waals surface area (Å²) < 4.78 is 4.32. The van der Waals surface area contributed by atoms with Crippen LogP contribution in [0.3, 0.4) is 0 Å². The van der Waals surface area contributed by atoms with Gasteiger partial charge in [-0.05, 0) is 30.5 Å². The van der Waals surface area contributed by atoms with Gasteiger partial charge in [0, 0.05) is 11.4 Å². The minimum absolute atomic E-state index is 0.208. The minimum atomic E-state index is -0.772. The molecule has 0 bridgehead atoms. The first kappa shape index (κ1) is 12.7. The first-order valence-corrected chi connectivity index (χ1v) is 5.37. The van der Waals surface area contributed by atoms with Crippen molar-refractivity contribution in [3.8, 4) is 0 Å². The fraction of sp³-hybridized carbons (Fsp3) is 0.333. The lowest BCUT2D eigenvalue weighted by Gasteiger charge is -2.01. The second kappa shape index (κ2) is 6.28. The molecule has 0 atom stereocenters. The van der Waals surface area contributed by atoms with Crippen LogP contribution in [-0.4, -0.2) is 18.9 Å². The Balaban J connectivity index is 2.36. The lowest BCUT2D eigenvalue weighted by atomic mass is 10.1. The smallest absolute Gasteiger partial charge is 0.374 e. The number of hydrogen-bond acceptors (Lipinski definition) is 3. The molecule has 0 radical (unpaired) electrons. The van der Waals surface area contributed by atoms with E-state index in [4.69, 9.17) is 11.6 Å². The quantitative estimate of drug-likeness (QED) is 0.586. The number of esters is 1. The van der Waals surface area contributed by atoms with Gasteiger partial charge in [-0.3, -0.25) is 4.79 Å². The van der Waals surface area contributed by atoms with Crippen molar-refractivity contribution in [3.63, 3.8) is 0 Å². The monoisotopic (exact) mass is 240 g/mol. The Morgan fingerprint density at radius 2 is 2.12 bits per heavy atom. The summed E-state index contributed by atoms with van der Waals surface area (Å²) in [5.74, 6) is -1.25. The maximum Gasteiger partial charge on any atom is 0.374 e. The van der Waals surface area contributed by atoms with Crippen molar-refractivity contribution in [2.24, 2.45) is 0 Å². The molecule has 0 heterocycles. The summed E-state index contributed by atoms with van der Waals surface area (Å²) in [5, 5.41) is 0.678. The fourth-order valence-electron chi connectivity index (χ4n) is 1.36. The van der Waals surface area contributed by atoms with Gasteiger partial charge in [-0.1, -0.05) is 23.7 Å². The van der Waals surface area contributed by atoms with Crippen molar-refractivity contribution in [1.29, 1.82) is 0 Å². The summed E-state index contributed by atoms with van der Waals surface area (Å²) in [6, 6.07) is 7.45. The molecule has 0 N–H and O–H groups in total. The minimum Gasteiger partial charge on any atom is -0.463 e. The van der Waals surface area contributed by atoms with E-state index in [0.29, 0.717) is 11.4 Å². The highest BCUT2D eigenvalue weighted by atomic mass is 35.5. The Bertz CT molecular complexity index is 388. The third-order valence-corrected chi connectivity index (χ3v) is 2.41. The predicted molar refractivity (Wildman–Crippen MR) is 61.4 cm³/mol. The van der Waals surface area contributed by atoms with Gasteiger partial charge in [0.2, 0.25) is 5.78 Å². The van der Waals surface area contributed by atoms with Crippen molar-refractivity contribution < 1.29 is 14.3 Å². The summed E-state index contributed by atoms with van der Waals surface area (Å²) in [6.45, 7) is 0. The molecule has 0 aliphatic heterocycles. The SMILES string of the molecule is COC(=O)C(=O)CCCc1cccc(Cl)c1. The van der Waals surface area contributed by atoms with Crippen LogP contribution in [0.15, 0.2) is 24.3 Å². The number of Topliss-reactive ketones (excluding diaryl/α,β-unsaturated/α-hetero) is 1. The number of benzene rings is 1. The maximum atomic E-state index is 11.1. The van der Waals surface area contributed by atoms with E-state index in [9.17, 15) is 9.59 Å². The van der Waals surface area contributed by atoms with Gasteiger partial charge in [0.15, 0.2) is 0 Å². The van der Waals surface area contributed by atoms with E-state index in [1.165, 1.54) is 7.11 Å². The molecule has 1 aromatic rings. The molecule has 0 aliphatic rings. The Morgan fingerprint density at radius 1 is 1.38 bits per heavy atom. The molecule has 0 aliphatic carbocycles. The molecular formula is C12H13ClO3. The molecule has 3 nitrogen and oxygen atoms in total. The molecule has 0 saturated carbocycles. The van der Waals surface area contributed by atoms with Crippen LogP contribution in [0.4, 0.5) is 0 Å². The lowest BCUT2D eigenvalue weighted by molar-refractivity contribution is -0.151. The number of rotatable bonds is 5. The Hall–Kier alpha value is -1.35. The number of halogens is 1. The van der Waals surface area contributed by atoms with Gasteiger partial charge in [0.05, 0.1) is 7.11 Å². The highest BCUT2D eigenvalue weighted by Gasteiger charge is 2.12. The van der Waals surface area contributed by atoms with Gasteiger partial charge >= 0.3 is 5.97 Å². The molecule has 0 unspecified atom stereocenters. The third kappa shape index (κ3) is 4.03. The van der Waals surface area contributed by atoms with Gasteiger partial charge < -0.3 is 4.74 Å². The molecule has 1 aromatic carbocycles. The second-order valence-corrected chi connectivity index (χ2v) is 3.83. The van der Waals surface area contributed by atoms with Gasteiger partial charge in [0.25, 0.3) is 0 Å². The third-order valence-electron chi connectivity index (χ3n) is 2.17. The number of ether oxygens (including phenoxy) is 1. The number of hydrogen-bond donors (Lipinski definition) is 0. The summed E-state index contributed by atoms with van der Waals surface area (Å²) >= 11 is 5.82. The largest absolute Gasteiger partial charge is 0.463 e. The Labute approximate surface area is 99.4 Å². The molecule has 0 fully saturated rings. The van der Waals surface area contributed by atoms with Gasteiger partial charge in [-0.15, -0.1) is 0 Å². The van der Waals surface area contributed by atoms with Crippen LogP contribution >= 0.6 is 11.6 Å². The van der Waals surface area contributed by atoms with E-state index in [1.807, 2.05) is 18.2 Å². The van der Waals surface area contributed by atoms with E-state index in [0.717, 1.165) is 12.0 Å². The number of aryl methyl sites for hydroxylation is 1. The Morgan fingerprint density at radius 3 is 2.75 bits per heavy atom. The zero-order valence-corrected chi connectivity index (χ0v) is 9.79. The highest BCUT2D eigenvalue weighted by molar-refractivity contribution is 6.33. The Kier molecular flexibility index (Phi) is 4.99. The van der Waals surface area contributed by atoms with E-state index >= 15 is 0 Å². The molecule has 0 saturated heterocycles. The lowest BCUT2D eigenvalue weighted by Crippen LogP contribution is -2.15. The van der Waals surface area contributed by atoms with Crippen LogP contribution in [0.1, 0.15) is 18.4 Å². The topological polar surface area (TPSA) is 43.4 Å². The van der Waals surface area contributed by atoms with E-state index in [2.05, 4.69) is 4.74 Å². The fourth-order valence-corrected chi connectivity index (χ4v) is 1.57. The van der Waals surface area contributed by atoms with Gasteiger partial charge in [-0.2, -0.15) is 0 Å². The summed E-state index contributed by atoms with van der Waals surface area (Å²) in [4.78, 5) is 21.9. The van der Waals surface area contributed by atoms with Gasteiger partial charge in [0.1, 0.15) is 0 Å². The number of methoxy groups -OCH3 is 1. The van der Waals surface area contributed by atoms with Gasteiger partial charge in [-0.25, -0.2) is 4.79 Å². The van der Waals surface area contributed by atoms with Crippen LogP contribution in [0, 0.1) is 0 Å². The summed E-state index contributed by atoms with van der Waals surface area (Å²) in [5.41, 5.74) is 1.06. The standard InChI is InChI=1S/C12H13ClO3/c1-16-12(15)11(14)7-3-5-9-4-2-6-10(13)8-9/h2,4,6,8H,3,5,7H2,1H3.